The number of aryl methyl sites for hydroxylation is 1. The van der Waals surface area contributed by atoms with Crippen molar-refractivity contribution in [3.8, 4) is 28.5 Å². The summed E-state index contributed by atoms with van der Waals surface area (Å²) in [6.07, 6.45) is 0. The average Bonchev–Trinajstić information content (AvgIpc) is 3.33. The van der Waals surface area contributed by atoms with E-state index in [0.29, 0.717) is 17.5 Å². The number of hydrogen-bond acceptors (Lipinski definition) is 7. The first-order valence-electron chi connectivity index (χ1n) is 8.71. The molecule has 0 aliphatic carbocycles. The maximum atomic E-state index is 5.40. The summed E-state index contributed by atoms with van der Waals surface area (Å²) in [6, 6.07) is 15.7. The quantitative estimate of drug-likeness (QED) is 0.456. The fourth-order valence-electron chi connectivity index (χ4n) is 2.81. The van der Waals surface area contributed by atoms with E-state index in [4.69, 9.17) is 9.26 Å². The van der Waals surface area contributed by atoms with Crippen molar-refractivity contribution in [3.05, 3.63) is 60.0 Å². The van der Waals surface area contributed by atoms with Gasteiger partial charge in [-0.15, -0.1) is 10.2 Å². The minimum absolute atomic E-state index is 0.521. The minimum Gasteiger partial charge on any atom is -0.497 e. The van der Waals surface area contributed by atoms with Gasteiger partial charge in [0.1, 0.15) is 5.75 Å². The standard InChI is InChI=1S/C20H19N5O2S/c1-13-6-4-5-7-16(13)18-21-17(27-24-18)12-28-20-23-22-19(25(20)2)14-8-10-15(26-3)11-9-14/h4-11H,12H2,1-3H3. The van der Waals surface area contributed by atoms with E-state index in [0.717, 1.165) is 33.4 Å². The highest BCUT2D eigenvalue weighted by atomic mass is 32.2. The summed E-state index contributed by atoms with van der Waals surface area (Å²) in [5.74, 6) is 3.27. The van der Waals surface area contributed by atoms with Crippen molar-refractivity contribution in [3.63, 3.8) is 0 Å². The van der Waals surface area contributed by atoms with Crippen molar-refractivity contribution in [2.75, 3.05) is 7.11 Å². The van der Waals surface area contributed by atoms with Crippen LogP contribution in [0.25, 0.3) is 22.8 Å². The number of thioether (sulfide) groups is 1. The molecule has 4 aromatic rings. The molecule has 28 heavy (non-hydrogen) atoms. The first kappa shape index (κ1) is 18.2. The van der Waals surface area contributed by atoms with Gasteiger partial charge in [0.05, 0.1) is 12.9 Å². The molecule has 0 spiro atoms. The molecular formula is C20H19N5O2S. The van der Waals surface area contributed by atoms with Gasteiger partial charge in [-0.05, 0) is 36.8 Å². The predicted molar refractivity (Wildman–Crippen MR) is 107 cm³/mol. The summed E-state index contributed by atoms with van der Waals surface area (Å²) >= 11 is 1.50. The van der Waals surface area contributed by atoms with Crippen molar-refractivity contribution in [1.29, 1.82) is 0 Å². The third-order valence-electron chi connectivity index (χ3n) is 4.36. The van der Waals surface area contributed by atoms with E-state index in [2.05, 4.69) is 20.3 Å². The maximum absolute atomic E-state index is 5.40. The first-order chi connectivity index (χ1) is 13.7. The van der Waals surface area contributed by atoms with Crippen LogP contribution in [0.2, 0.25) is 0 Å². The molecule has 8 heteroatoms. The van der Waals surface area contributed by atoms with Gasteiger partial charge in [-0.25, -0.2) is 0 Å². The predicted octanol–water partition coefficient (Wildman–Crippen LogP) is 4.14. The molecule has 0 radical (unpaired) electrons. The van der Waals surface area contributed by atoms with Crippen LogP contribution >= 0.6 is 11.8 Å². The Bertz CT molecular complexity index is 1090. The number of nitrogens with zero attached hydrogens (tertiary/aromatic N) is 5. The maximum Gasteiger partial charge on any atom is 0.237 e. The average molecular weight is 393 g/mol. The van der Waals surface area contributed by atoms with Gasteiger partial charge in [0, 0.05) is 18.2 Å². The fourth-order valence-corrected chi connectivity index (χ4v) is 3.55. The van der Waals surface area contributed by atoms with Gasteiger partial charge in [-0.2, -0.15) is 4.98 Å². The van der Waals surface area contributed by atoms with Crippen LogP contribution in [-0.4, -0.2) is 32.0 Å². The SMILES string of the molecule is COc1ccc(-c2nnc(SCc3nc(-c4ccccc4C)no3)n2C)cc1. The van der Waals surface area contributed by atoms with E-state index in [1.807, 2.05) is 67.1 Å². The Labute approximate surface area is 166 Å². The molecule has 0 atom stereocenters. The van der Waals surface area contributed by atoms with Crippen molar-refractivity contribution >= 4 is 11.8 Å². The Hall–Kier alpha value is -3.13. The van der Waals surface area contributed by atoms with Crippen LogP contribution in [0.5, 0.6) is 5.75 Å². The summed E-state index contributed by atoms with van der Waals surface area (Å²) in [6.45, 7) is 2.03. The zero-order chi connectivity index (χ0) is 19.5. The van der Waals surface area contributed by atoms with Crippen molar-refractivity contribution in [2.45, 2.75) is 17.8 Å². The Kier molecular flexibility index (Phi) is 5.12. The molecule has 0 saturated carbocycles. The summed E-state index contributed by atoms with van der Waals surface area (Å²) < 4.78 is 12.5. The van der Waals surface area contributed by atoms with Gasteiger partial charge >= 0.3 is 0 Å². The molecular weight excluding hydrogens is 374 g/mol. The topological polar surface area (TPSA) is 78.9 Å². The lowest BCUT2D eigenvalue weighted by atomic mass is 10.1. The van der Waals surface area contributed by atoms with E-state index in [-0.39, 0.29) is 0 Å². The zero-order valence-corrected chi connectivity index (χ0v) is 16.6. The molecule has 0 aliphatic rings. The molecule has 2 heterocycles. The third-order valence-corrected chi connectivity index (χ3v) is 5.37. The fraction of sp³-hybridized carbons (Fsp3) is 0.200. The molecule has 0 unspecified atom stereocenters. The monoisotopic (exact) mass is 393 g/mol. The lowest BCUT2D eigenvalue weighted by Crippen LogP contribution is -1.95. The number of aromatic nitrogens is 5. The van der Waals surface area contributed by atoms with Gasteiger partial charge in [0.15, 0.2) is 11.0 Å². The molecule has 0 amide bonds. The van der Waals surface area contributed by atoms with Crippen molar-refractivity contribution < 1.29 is 9.26 Å². The van der Waals surface area contributed by atoms with Gasteiger partial charge in [-0.3, -0.25) is 0 Å². The van der Waals surface area contributed by atoms with Gasteiger partial charge in [0.25, 0.3) is 0 Å². The molecule has 2 aromatic heterocycles. The van der Waals surface area contributed by atoms with Crippen LogP contribution < -0.4 is 4.74 Å². The number of ether oxygens (including phenoxy) is 1. The molecule has 0 fully saturated rings. The highest BCUT2D eigenvalue weighted by Gasteiger charge is 2.15. The van der Waals surface area contributed by atoms with Crippen molar-refractivity contribution in [2.24, 2.45) is 7.05 Å². The summed E-state index contributed by atoms with van der Waals surface area (Å²) in [7, 11) is 3.59. The Morgan fingerprint density at radius 2 is 1.86 bits per heavy atom. The molecule has 0 bridgehead atoms. The Morgan fingerprint density at radius 3 is 2.61 bits per heavy atom. The Balaban J connectivity index is 1.47. The van der Waals surface area contributed by atoms with Gasteiger partial charge in [-0.1, -0.05) is 41.2 Å². The lowest BCUT2D eigenvalue weighted by Gasteiger charge is -2.04. The summed E-state index contributed by atoms with van der Waals surface area (Å²) in [5.41, 5.74) is 3.06. The number of benzene rings is 2. The molecule has 4 rings (SSSR count). The Morgan fingerprint density at radius 1 is 1.07 bits per heavy atom. The van der Waals surface area contributed by atoms with Crippen LogP contribution in [0, 0.1) is 6.92 Å². The van der Waals surface area contributed by atoms with E-state index in [1.54, 1.807) is 7.11 Å². The number of rotatable bonds is 6. The number of hydrogen-bond donors (Lipinski definition) is 0. The zero-order valence-electron chi connectivity index (χ0n) is 15.8. The molecule has 7 nitrogen and oxygen atoms in total. The van der Waals surface area contributed by atoms with E-state index in [1.165, 1.54) is 11.8 Å². The van der Waals surface area contributed by atoms with Crippen molar-refractivity contribution in [1.82, 2.24) is 24.9 Å². The second-order valence-corrected chi connectivity index (χ2v) is 7.15. The third kappa shape index (κ3) is 3.63. The second-order valence-electron chi connectivity index (χ2n) is 6.21. The largest absolute Gasteiger partial charge is 0.497 e. The van der Waals surface area contributed by atoms with E-state index < -0.39 is 0 Å². The summed E-state index contributed by atoms with van der Waals surface area (Å²) in [5, 5.41) is 13.5. The molecule has 0 saturated heterocycles. The van der Waals surface area contributed by atoms with E-state index >= 15 is 0 Å². The molecule has 142 valence electrons. The summed E-state index contributed by atoms with van der Waals surface area (Å²) in [4.78, 5) is 4.50. The first-order valence-corrected chi connectivity index (χ1v) is 9.69. The van der Waals surface area contributed by atoms with E-state index in [9.17, 15) is 0 Å². The number of methoxy groups -OCH3 is 1. The lowest BCUT2D eigenvalue weighted by molar-refractivity contribution is 0.391. The highest BCUT2D eigenvalue weighted by molar-refractivity contribution is 7.98. The van der Waals surface area contributed by atoms with Gasteiger partial charge in [0.2, 0.25) is 11.7 Å². The van der Waals surface area contributed by atoms with Crippen LogP contribution in [0.3, 0.4) is 0 Å². The minimum atomic E-state index is 0.521. The smallest absolute Gasteiger partial charge is 0.237 e. The van der Waals surface area contributed by atoms with Crippen LogP contribution in [0.4, 0.5) is 0 Å². The molecule has 2 aromatic carbocycles. The molecule has 0 N–H and O–H groups in total. The van der Waals surface area contributed by atoms with Crippen LogP contribution in [0.1, 0.15) is 11.5 Å². The van der Waals surface area contributed by atoms with Crippen LogP contribution in [0.15, 0.2) is 58.2 Å². The second kappa shape index (κ2) is 7.85. The van der Waals surface area contributed by atoms with Crippen LogP contribution in [-0.2, 0) is 12.8 Å². The normalized spacial score (nSPS) is 11.0. The highest BCUT2D eigenvalue weighted by Crippen LogP contribution is 2.27. The van der Waals surface area contributed by atoms with Gasteiger partial charge < -0.3 is 13.8 Å². The molecule has 0 aliphatic heterocycles.